The second kappa shape index (κ2) is 10.2. The first-order valence-electron chi connectivity index (χ1n) is 10.4. The monoisotopic (exact) mass is 384 g/mol. The lowest BCUT2D eigenvalue weighted by Gasteiger charge is -2.42. The highest BCUT2D eigenvalue weighted by atomic mass is 28.4. The molecule has 2 rings (SSSR count). The Morgan fingerprint density at radius 2 is 1.44 bits per heavy atom. The Morgan fingerprint density at radius 1 is 0.852 bits per heavy atom. The van der Waals surface area contributed by atoms with Crippen LogP contribution >= 0.6 is 0 Å². The second-order valence-corrected chi connectivity index (χ2v) is 12.2. The van der Waals surface area contributed by atoms with Crippen LogP contribution in [-0.2, 0) is 21.4 Å². The van der Waals surface area contributed by atoms with E-state index in [0.29, 0.717) is 0 Å². The van der Waals surface area contributed by atoms with Crippen molar-refractivity contribution in [1.29, 1.82) is 0 Å². The summed E-state index contributed by atoms with van der Waals surface area (Å²) in [5, 5.41) is 0. The number of ether oxygens (including phenoxy) is 1. The quantitative estimate of drug-likeness (QED) is 0.312. The normalized spacial score (nSPS) is 14.1. The Bertz CT molecular complexity index is 656. The Hall–Kier alpha value is -1.42. The number of methoxy groups -OCH3 is 1. The van der Waals surface area contributed by atoms with Crippen LogP contribution in [0.5, 0.6) is 0 Å². The van der Waals surface area contributed by atoms with Gasteiger partial charge in [0, 0.05) is 19.1 Å². The van der Waals surface area contributed by atoms with Crippen LogP contribution < -0.4 is 0 Å². The summed E-state index contributed by atoms with van der Waals surface area (Å²) in [6, 6.07) is 22.7. The maximum absolute atomic E-state index is 6.98. The lowest BCUT2D eigenvalue weighted by Crippen LogP contribution is -2.46. The molecule has 3 heteroatoms. The maximum atomic E-state index is 6.98. The van der Waals surface area contributed by atoms with Crippen LogP contribution in [-0.4, -0.2) is 15.4 Å². The van der Waals surface area contributed by atoms with Gasteiger partial charge in [0.2, 0.25) is 0 Å². The van der Waals surface area contributed by atoms with Gasteiger partial charge in [-0.2, -0.15) is 0 Å². The van der Waals surface area contributed by atoms with E-state index in [-0.39, 0.29) is 0 Å². The predicted octanol–water partition coefficient (Wildman–Crippen LogP) is 6.84. The Balaban J connectivity index is 2.24. The van der Waals surface area contributed by atoms with Crippen molar-refractivity contribution >= 4 is 8.32 Å². The fourth-order valence-electron chi connectivity index (χ4n) is 3.80. The summed E-state index contributed by atoms with van der Waals surface area (Å²) in [6.45, 7) is 8.96. The smallest absolute Gasteiger partial charge is 0.196 e. The van der Waals surface area contributed by atoms with Crippen molar-refractivity contribution in [2.45, 2.75) is 70.9 Å². The molecule has 0 fully saturated rings. The van der Waals surface area contributed by atoms with Crippen molar-refractivity contribution in [3.8, 4) is 0 Å². The van der Waals surface area contributed by atoms with Crippen LogP contribution in [0.2, 0.25) is 18.1 Å². The first kappa shape index (κ1) is 21.9. The van der Waals surface area contributed by atoms with E-state index in [9.17, 15) is 0 Å². The lowest BCUT2D eigenvalue weighted by atomic mass is 9.97. The van der Waals surface area contributed by atoms with E-state index in [4.69, 9.17) is 9.16 Å². The molecule has 0 spiro atoms. The molecule has 27 heavy (non-hydrogen) atoms. The van der Waals surface area contributed by atoms with Gasteiger partial charge in [-0.3, -0.25) is 0 Å². The van der Waals surface area contributed by atoms with Gasteiger partial charge in [0.1, 0.15) is 0 Å². The second-order valence-electron chi connectivity index (χ2n) is 7.51. The highest BCUT2D eigenvalue weighted by Crippen LogP contribution is 2.38. The molecule has 0 amide bonds. The zero-order valence-corrected chi connectivity index (χ0v) is 18.8. The number of rotatable bonds is 11. The minimum atomic E-state index is -1.82. The average Bonchev–Trinajstić information content (AvgIpc) is 2.73. The molecule has 0 N–H and O–H groups in total. The van der Waals surface area contributed by atoms with Gasteiger partial charge in [0.25, 0.3) is 0 Å². The van der Waals surface area contributed by atoms with Gasteiger partial charge in [-0.05, 0) is 43.5 Å². The first-order valence-corrected chi connectivity index (χ1v) is 12.9. The highest BCUT2D eigenvalue weighted by molar-refractivity contribution is 6.73. The number of aryl methyl sites for hydroxylation is 2. The molecule has 0 aromatic heterocycles. The van der Waals surface area contributed by atoms with Crippen molar-refractivity contribution in [1.82, 2.24) is 0 Å². The minimum Gasteiger partial charge on any atom is -0.386 e. The topological polar surface area (TPSA) is 18.5 Å². The van der Waals surface area contributed by atoms with Crippen LogP contribution in [0.1, 0.15) is 50.3 Å². The molecule has 0 saturated carbocycles. The van der Waals surface area contributed by atoms with Crippen LogP contribution in [0.4, 0.5) is 0 Å². The van der Waals surface area contributed by atoms with Gasteiger partial charge in [-0.15, -0.1) is 0 Å². The van der Waals surface area contributed by atoms with Crippen LogP contribution in [0.3, 0.4) is 0 Å². The zero-order valence-electron chi connectivity index (χ0n) is 17.8. The fraction of sp³-hybridized carbons (Fsp3) is 0.500. The van der Waals surface area contributed by atoms with E-state index < -0.39 is 14.1 Å². The Kier molecular flexibility index (Phi) is 8.27. The third kappa shape index (κ3) is 5.53. The molecule has 0 heterocycles. The van der Waals surface area contributed by atoms with Crippen molar-refractivity contribution in [2.24, 2.45) is 0 Å². The fourth-order valence-corrected chi connectivity index (χ4v) is 6.74. The van der Waals surface area contributed by atoms with Gasteiger partial charge in [0.15, 0.2) is 14.1 Å². The summed E-state index contributed by atoms with van der Waals surface area (Å²) in [4.78, 5) is 0. The predicted molar refractivity (Wildman–Crippen MR) is 118 cm³/mol. The van der Waals surface area contributed by atoms with Gasteiger partial charge >= 0.3 is 0 Å². The summed E-state index contributed by atoms with van der Waals surface area (Å²) in [5.74, 6) is -0.639. The van der Waals surface area contributed by atoms with Gasteiger partial charge in [0.05, 0.1) is 0 Å². The molecule has 0 aliphatic rings. The summed E-state index contributed by atoms with van der Waals surface area (Å²) in [6.07, 6.45) is 2.95. The van der Waals surface area contributed by atoms with Crippen molar-refractivity contribution in [3.63, 3.8) is 0 Å². The summed E-state index contributed by atoms with van der Waals surface area (Å²) < 4.78 is 13.1. The molecular weight excluding hydrogens is 348 g/mol. The summed E-state index contributed by atoms with van der Waals surface area (Å²) in [5.41, 5.74) is 3.83. The van der Waals surface area contributed by atoms with E-state index in [0.717, 1.165) is 43.0 Å². The third-order valence-corrected chi connectivity index (χ3v) is 10.6. The van der Waals surface area contributed by atoms with Gasteiger partial charge < -0.3 is 9.16 Å². The SMILES string of the molecule is CC[Si](CC)(CC)OC(CCCc1ccc(C)cc1)(OC)c1ccccc1. The molecule has 148 valence electrons. The molecular formula is C24H36O2Si. The molecule has 2 aromatic carbocycles. The van der Waals surface area contributed by atoms with Gasteiger partial charge in [-0.25, -0.2) is 0 Å². The molecule has 0 radical (unpaired) electrons. The van der Waals surface area contributed by atoms with E-state index in [1.165, 1.54) is 11.1 Å². The molecule has 0 aliphatic heterocycles. The number of benzene rings is 2. The summed E-state index contributed by atoms with van der Waals surface area (Å²) in [7, 11) is -0.0137. The maximum Gasteiger partial charge on any atom is 0.196 e. The lowest BCUT2D eigenvalue weighted by molar-refractivity contribution is -0.186. The molecule has 0 bridgehead atoms. The minimum absolute atomic E-state index is 0.639. The van der Waals surface area contributed by atoms with Crippen LogP contribution in [0.15, 0.2) is 54.6 Å². The van der Waals surface area contributed by atoms with Crippen LogP contribution in [0, 0.1) is 6.92 Å². The average molecular weight is 385 g/mol. The number of hydrogen-bond donors (Lipinski definition) is 0. The molecule has 2 nitrogen and oxygen atoms in total. The Labute approximate surface area is 167 Å². The van der Waals surface area contributed by atoms with E-state index in [2.05, 4.69) is 82.3 Å². The summed E-state index contributed by atoms with van der Waals surface area (Å²) >= 11 is 0. The van der Waals surface area contributed by atoms with Crippen LogP contribution in [0.25, 0.3) is 0 Å². The molecule has 2 aromatic rings. The zero-order chi connectivity index (χ0) is 19.8. The molecule has 1 atom stereocenters. The van der Waals surface area contributed by atoms with Crippen molar-refractivity contribution in [3.05, 3.63) is 71.3 Å². The third-order valence-electron chi connectivity index (χ3n) is 5.95. The molecule has 0 aliphatic carbocycles. The van der Waals surface area contributed by atoms with Crippen molar-refractivity contribution < 1.29 is 9.16 Å². The van der Waals surface area contributed by atoms with E-state index >= 15 is 0 Å². The standard InChI is InChI=1S/C24H36O2Si/c1-6-27(7-2,8-3)26-24(25-5,23-14-10-9-11-15-23)20-12-13-22-18-16-21(4)17-19-22/h9-11,14-19H,6-8,12-13,20H2,1-5H3. The highest BCUT2D eigenvalue weighted by Gasteiger charge is 2.42. The van der Waals surface area contributed by atoms with Crippen molar-refractivity contribution in [2.75, 3.05) is 7.11 Å². The number of hydrogen-bond acceptors (Lipinski definition) is 2. The van der Waals surface area contributed by atoms with E-state index in [1.807, 2.05) is 0 Å². The molecule has 1 unspecified atom stereocenters. The largest absolute Gasteiger partial charge is 0.386 e. The van der Waals surface area contributed by atoms with Gasteiger partial charge in [-0.1, -0.05) is 80.9 Å². The first-order chi connectivity index (χ1) is 13.0. The Morgan fingerprint density at radius 3 is 1.96 bits per heavy atom. The molecule has 0 saturated heterocycles. The van der Waals surface area contributed by atoms with E-state index in [1.54, 1.807) is 7.11 Å².